The molecule has 2 aliphatic rings. The lowest BCUT2D eigenvalue weighted by Crippen LogP contribution is -2.30. The van der Waals surface area contributed by atoms with E-state index in [9.17, 15) is 0 Å². The van der Waals surface area contributed by atoms with Crippen molar-refractivity contribution in [1.82, 2.24) is 19.5 Å². The average Bonchev–Trinajstić information content (AvgIpc) is 3.29. The monoisotopic (exact) mass is 480 g/mol. The molecule has 0 unspecified atom stereocenters. The molecule has 0 atom stereocenters. The highest BCUT2D eigenvalue weighted by molar-refractivity contribution is 7.97. The van der Waals surface area contributed by atoms with Crippen LogP contribution in [0, 0.1) is 0 Å². The van der Waals surface area contributed by atoms with Gasteiger partial charge in [-0.2, -0.15) is 0 Å². The fourth-order valence-corrected chi connectivity index (χ4v) is 5.41. The molecule has 0 bridgehead atoms. The van der Waals surface area contributed by atoms with Gasteiger partial charge in [-0.3, -0.25) is 9.88 Å². The van der Waals surface area contributed by atoms with Gasteiger partial charge in [0.25, 0.3) is 0 Å². The van der Waals surface area contributed by atoms with Crippen molar-refractivity contribution in [2.45, 2.75) is 24.3 Å². The maximum atomic E-state index is 4.56. The highest BCUT2D eigenvalue weighted by Gasteiger charge is 2.17. The van der Waals surface area contributed by atoms with Gasteiger partial charge >= 0.3 is 0 Å². The summed E-state index contributed by atoms with van der Waals surface area (Å²) in [7, 11) is 0. The van der Waals surface area contributed by atoms with E-state index in [1.165, 1.54) is 11.1 Å². The molecule has 178 valence electrons. The molecule has 1 aromatic heterocycles. The zero-order valence-electron chi connectivity index (χ0n) is 20.1. The molecule has 5 heteroatoms. The molecule has 1 aliphatic carbocycles. The maximum Gasteiger partial charge on any atom is 0.0855 e. The van der Waals surface area contributed by atoms with Crippen LogP contribution in [0.15, 0.2) is 120 Å². The quantitative estimate of drug-likeness (QED) is 0.400. The van der Waals surface area contributed by atoms with Crippen molar-refractivity contribution in [2.24, 2.45) is 0 Å². The second kappa shape index (κ2) is 11.4. The second-order valence-electron chi connectivity index (χ2n) is 8.97. The summed E-state index contributed by atoms with van der Waals surface area (Å²) in [6, 6.07) is 21.1. The Bertz CT molecular complexity index is 1260. The third-order valence-corrected chi connectivity index (χ3v) is 7.43. The van der Waals surface area contributed by atoms with Crippen LogP contribution in [-0.4, -0.2) is 41.0 Å². The molecule has 35 heavy (non-hydrogen) atoms. The molecule has 0 spiro atoms. The number of para-hydroxylation sites is 1. The van der Waals surface area contributed by atoms with E-state index in [1.54, 1.807) is 11.9 Å². The van der Waals surface area contributed by atoms with E-state index in [0.29, 0.717) is 0 Å². The third-order valence-electron chi connectivity index (χ3n) is 6.54. The van der Waals surface area contributed by atoms with Gasteiger partial charge in [-0.25, -0.2) is 0 Å². The Morgan fingerprint density at radius 3 is 2.71 bits per heavy atom. The van der Waals surface area contributed by atoms with Gasteiger partial charge in [0, 0.05) is 55.7 Å². The second-order valence-corrected chi connectivity index (χ2v) is 9.82. The number of pyridine rings is 1. The van der Waals surface area contributed by atoms with E-state index in [4.69, 9.17) is 0 Å². The fourth-order valence-electron chi connectivity index (χ4n) is 4.61. The van der Waals surface area contributed by atoms with E-state index < -0.39 is 0 Å². The van der Waals surface area contributed by atoms with Crippen molar-refractivity contribution in [1.29, 1.82) is 0 Å². The van der Waals surface area contributed by atoms with Crippen molar-refractivity contribution in [2.75, 3.05) is 26.2 Å². The minimum Gasteiger partial charge on any atom is -0.370 e. The number of allylic oxidation sites excluding steroid dienone is 4. The van der Waals surface area contributed by atoms with E-state index in [0.717, 1.165) is 72.8 Å². The smallest absolute Gasteiger partial charge is 0.0855 e. The molecule has 4 nitrogen and oxygen atoms in total. The molecule has 1 saturated heterocycles. The van der Waals surface area contributed by atoms with Crippen LogP contribution in [0.3, 0.4) is 0 Å². The lowest BCUT2D eigenvalue weighted by molar-refractivity contribution is 0.272. The first-order valence-corrected chi connectivity index (χ1v) is 13.1. The number of nitrogens with one attached hydrogen (secondary N) is 1. The SMILES string of the molecule is C=C(C1=CCC=C(NSc2cccc3cccnc23)C=C1)N1CCCN(Cc2ccccc2)CC1. The van der Waals surface area contributed by atoms with Crippen LogP contribution >= 0.6 is 11.9 Å². The van der Waals surface area contributed by atoms with E-state index in [2.05, 4.69) is 105 Å². The van der Waals surface area contributed by atoms with E-state index >= 15 is 0 Å². The summed E-state index contributed by atoms with van der Waals surface area (Å²) in [5.41, 5.74) is 5.86. The Labute approximate surface area is 212 Å². The summed E-state index contributed by atoms with van der Waals surface area (Å²) >= 11 is 1.61. The molecule has 0 radical (unpaired) electrons. The number of fused-ring (bicyclic) bond motifs is 1. The normalized spacial score (nSPS) is 16.9. The fraction of sp³-hybridized carbons (Fsp3) is 0.233. The zero-order valence-corrected chi connectivity index (χ0v) is 20.9. The molecule has 5 rings (SSSR count). The van der Waals surface area contributed by atoms with Gasteiger partial charge in [0.1, 0.15) is 0 Å². The van der Waals surface area contributed by atoms with E-state index in [-0.39, 0.29) is 0 Å². The van der Waals surface area contributed by atoms with Crippen molar-refractivity contribution >= 4 is 22.9 Å². The van der Waals surface area contributed by atoms with Crippen LogP contribution in [0.25, 0.3) is 10.9 Å². The molecule has 1 fully saturated rings. The minimum absolute atomic E-state index is 0.881. The first-order chi connectivity index (χ1) is 17.3. The van der Waals surface area contributed by atoms with Crippen LogP contribution in [0.4, 0.5) is 0 Å². The number of benzene rings is 2. The number of rotatable bonds is 7. The summed E-state index contributed by atoms with van der Waals surface area (Å²) < 4.78 is 3.52. The van der Waals surface area contributed by atoms with Crippen LogP contribution in [0.5, 0.6) is 0 Å². The summed E-state index contributed by atoms with van der Waals surface area (Å²) in [6.07, 6.45) is 12.8. The maximum absolute atomic E-state index is 4.56. The van der Waals surface area contributed by atoms with Crippen LogP contribution < -0.4 is 4.72 Å². The first-order valence-electron chi connectivity index (χ1n) is 12.3. The van der Waals surface area contributed by atoms with Gasteiger partial charge in [-0.05, 0) is 54.1 Å². The van der Waals surface area contributed by atoms with Crippen molar-refractivity contribution in [3.05, 3.63) is 120 Å². The van der Waals surface area contributed by atoms with Gasteiger partial charge in [0.15, 0.2) is 0 Å². The highest BCUT2D eigenvalue weighted by Crippen LogP contribution is 2.26. The van der Waals surface area contributed by atoms with Gasteiger partial charge in [-0.1, -0.05) is 73.3 Å². The molecule has 3 aromatic rings. The Morgan fingerprint density at radius 1 is 0.914 bits per heavy atom. The van der Waals surface area contributed by atoms with Gasteiger partial charge in [0.05, 0.1) is 10.4 Å². The summed E-state index contributed by atoms with van der Waals surface area (Å²) in [5.74, 6) is 0. The molecule has 0 saturated carbocycles. The summed E-state index contributed by atoms with van der Waals surface area (Å²) in [6.45, 7) is 9.75. The largest absolute Gasteiger partial charge is 0.370 e. The summed E-state index contributed by atoms with van der Waals surface area (Å²) in [4.78, 5) is 10.7. The van der Waals surface area contributed by atoms with Gasteiger partial charge in [0.2, 0.25) is 0 Å². The van der Waals surface area contributed by atoms with Crippen LogP contribution in [-0.2, 0) is 6.54 Å². The molecule has 2 aromatic carbocycles. The topological polar surface area (TPSA) is 31.4 Å². The lowest BCUT2D eigenvalue weighted by Gasteiger charge is -2.26. The molecular weight excluding hydrogens is 448 g/mol. The number of nitrogens with zero attached hydrogens (tertiary/aromatic N) is 3. The molecular formula is C30H32N4S. The molecule has 1 N–H and O–H groups in total. The van der Waals surface area contributed by atoms with Crippen molar-refractivity contribution < 1.29 is 0 Å². The first kappa shape index (κ1) is 23.5. The lowest BCUT2D eigenvalue weighted by atomic mass is 10.1. The number of aromatic nitrogens is 1. The molecule has 0 amide bonds. The standard InChI is InChI=1S/C30H32N4S/c1-24(34-20-8-19-33(21-22-34)23-25-9-3-2-4-10-25)26-11-5-14-28(17-16-26)32-35-29-15-6-12-27-13-7-18-31-30(27)29/h2-4,6-7,9-18,32H,1,5,8,19-23H2. The summed E-state index contributed by atoms with van der Waals surface area (Å²) in [5, 5.41) is 1.16. The molecule has 1 aliphatic heterocycles. The van der Waals surface area contributed by atoms with Crippen LogP contribution in [0.1, 0.15) is 18.4 Å². The Hall–Kier alpha value is -3.28. The van der Waals surface area contributed by atoms with Crippen LogP contribution in [0.2, 0.25) is 0 Å². The van der Waals surface area contributed by atoms with Crippen molar-refractivity contribution in [3.8, 4) is 0 Å². The molecule has 2 heterocycles. The Kier molecular flexibility index (Phi) is 7.66. The average molecular weight is 481 g/mol. The number of hydrogen-bond donors (Lipinski definition) is 1. The minimum atomic E-state index is 0.881. The predicted molar refractivity (Wildman–Crippen MR) is 148 cm³/mol. The van der Waals surface area contributed by atoms with Gasteiger partial charge in [-0.15, -0.1) is 0 Å². The van der Waals surface area contributed by atoms with E-state index in [1.807, 2.05) is 12.3 Å². The highest BCUT2D eigenvalue weighted by atomic mass is 32.2. The Balaban J connectivity index is 1.16. The Morgan fingerprint density at radius 2 is 1.80 bits per heavy atom. The predicted octanol–water partition coefficient (Wildman–Crippen LogP) is 6.32. The zero-order chi connectivity index (χ0) is 23.9. The van der Waals surface area contributed by atoms with Crippen molar-refractivity contribution in [3.63, 3.8) is 0 Å². The number of hydrogen-bond acceptors (Lipinski definition) is 5. The third kappa shape index (κ3) is 6.05. The van der Waals surface area contributed by atoms with Gasteiger partial charge < -0.3 is 9.62 Å².